The lowest BCUT2D eigenvalue weighted by molar-refractivity contribution is 0.00578. The Kier molecular flexibility index (Phi) is 6.13. The summed E-state index contributed by atoms with van der Waals surface area (Å²) in [4.78, 5) is 24.4. The molecule has 0 aliphatic carbocycles. The number of H-pyrrole nitrogens is 1. The van der Waals surface area contributed by atoms with Gasteiger partial charge < -0.3 is 14.6 Å². The van der Waals surface area contributed by atoms with Gasteiger partial charge in [0.15, 0.2) is 0 Å². The van der Waals surface area contributed by atoms with Gasteiger partial charge in [0.05, 0.1) is 21.9 Å². The largest absolute Gasteiger partial charge is 0.496 e. The van der Waals surface area contributed by atoms with Crippen LogP contribution in [0.25, 0.3) is 11.1 Å². The molecule has 10 heteroatoms. The minimum absolute atomic E-state index is 0.0766. The van der Waals surface area contributed by atoms with Crippen molar-refractivity contribution in [3.8, 4) is 11.1 Å². The molecule has 2 aromatic carbocycles. The summed E-state index contributed by atoms with van der Waals surface area (Å²) in [5.41, 5.74) is 0.600. The van der Waals surface area contributed by atoms with Gasteiger partial charge >= 0.3 is 7.12 Å². The van der Waals surface area contributed by atoms with E-state index in [4.69, 9.17) is 32.5 Å². The number of hydrogen-bond donors (Lipinski definition) is 2. The molecular formula is C23H22BCl2N3O4. The molecule has 0 radical (unpaired) electrons. The first-order valence-corrected chi connectivity index (χ1v) is 11.1. The molecule has 1 aliphatic heterocycles. The van der Waals surface area contributed by atoms with Crippen molar-refractivity contribution in [3.63, 3.8) is 0 Å². The summed E-state index contributed by atoms with van der Waals surface area (Å²) in [6, 6.07) is 12.0. The van der Waals surface area contributed by atoms with Gasteiger partial charge in [0.2, 0.25) is 0 Å². The SMILES string of the molecule is CC1(C)OB(c2cccc(-c3cccc(NC(=O)c4ccn[nH]c4=O)c3Cl)c2Cl)OC1(C)C. The summed E-state index contributed by atoms with van der Waals surface area (Å²) in [7, 11) is -0.637. The van der Waals surface area contributed by atoms with Crippen molar-refractivity contribution in [1.29, 1.82) is 0 Å². The maximum absolute atomic E-state index is 12.6. The van der Waals surface area contributed by atoms with E-state index in [9.17, 15) is 9.59 Å². The first-order chi connectivity index (χ1) is 15.5. The molecular weight excluding hydrogens is 464 g/mol. The second-order valence-corrected chi connectivity index (χ2v) is 9.47. The fourth-order valence-corrected chi connectivity index (χ4v) is 4.05. The number of hydrogen-bond acceptors (Lipinski definition) is 5. The van der Waals surface area contributed by atoms with E-state index in [1.165, 1.54) is 12.3 Å². The molecule has 0 unspecified atom stereocenters. The predicted octanol–water partition coefficient (Wildman–Crippen LogP) is 4.30. The molecule has 2 N–H and O–H groups in total. The smallest absolute Gasteiger partial charge is 0.399 e. The molecule has 0 atom stereocenters. The number of benzene rings is 2. The average Bonchev–Trinajstić information content (AvgIpc) is 2.97. The number of nitrogens with one attached hydrogen (secondary N) is 2. The monoisotopic (exact) mass is 485 g/mol. The summed E-state index contributed by atoms with van der Waals surface area (Å²) in [5, 5.41) is 9.22. The fourth-order valence-electron chi connectivity index (χ4n) is 3.46. The second kappa shape index (κ2) is 8.61. The molecule has 33 heavy (non-hydrogen) atoms. The number of amides is 1. The van der Waals surface area contributed by atoms with Gasteiger partial charge in [-0.2, -0.15) is 5.10 Å². The van der Waals surface area contributed by atoms with E-state index in [-0.39, 0.29) is 10.6 Å². The van der Waals surface area contributed by atoms with Gasteiger partial charge in [-0.15, -0.1) is 0 Å². The quantitative estimate of drug-likeness (QED) is 0.537. The molecule has 1 fully saturated rings. The lowest BCUT2D eigenvalue weighted by Crippen LogP contribution is -2.41. The molecule has 4 rings (SSSR count). The van der Waals surface area contributed by atoms with Crippen molar-refractivity contribution in [3.05, 3.63) is 74.6 Å². The van der Waals surface area contributed by atoms with Gasteiger partial charge in [-0.3, -0.25) is 9.59 Å². The summed E-state index contributed by atoms with van der Waals surface area (Å²) in [6.07, 6.45) is 1.33. The minimum atomic E-state index is -0.637. The van der Waals surface area contributed by atoms with Crippen LogP contribution in [-0.4, -0.2) is 34.4 Å². The molecule has 1 aliphatic rings. The highest BCUT2D eigenvalue weighted by atomic mass is 35.5. The zero-order chi connectivity index (χ0) is 24.0. The number of aromatic nitrogens is 2. The highest BCUT2D eigenvalue weighted by Gasteiger charge is 2.52. The van der Waals surface area contributed by atoms with Crippen LogP contribution in [0.15, 0.2) is 53.5 Å². The molecule has 1 amide bonds. The molecule has 0 saturated carbocycles. The number of rotatable bonds is 4. The van der Waals surface area contributed by atoms with Crippen molar-refractivity contribution < 1.29 is 14.1 Å². The molecule has 170 valence electrons. The van der Waals surface area contributed by atoms with Gasteiger partial charge in [0, 0.05) is 27.8 Å². The normalized spacial score (nSPS) is 16.6. The van der Waals surface area contributed by atoms with E-state index in [1.54, 1.807) is 18.2 Å². The average molecular weight is 486 g/mol. The van der Waals surface area contributed by atoms with E-state index in [0.29, 0.717) is 27.3 Å². The molecule has 7 nitrogen and oxygen atoms in total. The lowest BCUT2D eigenvalue weighted by Gasteiger charge is -2.32. The number of aromatic amines is 1. The first kappa shape index (κ1) is 23.5. The van der Waals surface area contributed by atoms with Crippen LogP contribution in [0.5, 0.6) is 0 Å². The van der Waals surface area contributed by atoms with Crippen LogP contribution in [-0.2, 0) is 9.31 Å². The highest BCUT2D eigenvalue weighted by molar-refractivity contribution is 6.66. The predicted molar refractivity (Wildman–Crippen MR) is 130 cm³/mol. The van der Waals surface area contributed by atoms with E-state index >= 15 is 0 Å². The number of carbonyl (C=O) groups excluding carboxylic acids is 1. The van der Waals surface area contributed by atoms with Crippen molar-refractivity contribution in [1.82, 2.24) is 10.2 Å². The third-order valence-corrected chi connectivity index (χ3v) is 6.87. The van der Waals surface area contributed by atoms with E-state index in [0.717, 1.165) is 0 Å². The van der Waals surface area contributed by atoms with Crippen LogP contribution in [0.1, 0.15) is 38.1 Å². The van der Waals surface area contributed by atoms with Gasteiger partial charge in [-0.05, 0) is 39.8 Å². The fraction of sp³-hybridized carbons (Fsp3) is 0.261. The number of nitrogens with zero attached hydrogens (tertiary/aromatic N) is 1. The maximum atomic E-state index is 12.6. The van der Waals surface area contributed by atoms with Crippen molar-refractivity contribution in [2.24, 2.45) is 0 Å². The van der Waals surface area contributed by atoms with Crippen molar-refractivity contribution >= 4 is 47.4 Å². The Morgan fingerprint density at radius 1 is 0.970 bits per heavy atom. The zero-order valence-electron chi connectivity index (χ0n) is 18.5. The van der Waals surface area contributed by atoms with Crippen LogP contribution < -0.4 is 16.3 Å². The summed E-state index contributed by atoms with van der Waals surface area (Å²) in [6.45, 7) is 7.90. The Labute approximate surface area is 201 Å². The summed E-state index contributed by atoms with van der Waals surface area (Å²) < 4.78 is 12.3. The first-order valence-electron chi connectivity index (χ1n) is 10.3. The van der Waals surface area contributed by atoms with Crippen LogP contribution in [0.3, 0.4) is 0 Å². The van der Waals surface area contributed by atoms with Crippen LogP contribution >= 0.6 is 23.2 Å². The van der Waals surface area contributed by atoms with Crippen molar-refractivity contribution in [2.45, 2.75) is 38.9 Å². The molecule has 0 spiro atoms. The van der Waals surface area contributed by atoms with Crippen LogP contribution in [0.4, 0.5) is 5.69 Å². The number of carbonyl (C=O) groups is 1. The van der Waals surface area contributed by atoms with Gasteiger partial charge in [-0.25, -0.2) is 5.10 Å². The topological polar surface area (TPSA) is 93.3 Å². The third-order valence-electron chi connectivity index (χ3n) is 6.04. The second-order valence-electron chi connectivity index (χ2n) is 8.72. The lowest BCUT2D eigenvalue weighted by atomic mass is 9.77. The minimum Gasteiger partial charge on any atom is -0.399 e. The number of halogens is 2. The maximum Gasteiger partial charge on any atom is 0.496 e. The number of anilines is 1. The Morgan fingerprint density at radius 3 is 2.21 bits per heavy atom. The molecule has 1 aromatic heterocycles. The van der Waals surface area contributed by atoms with Gasteiger partial charge in [0.1, 0.15) is 5.56 Å². The molecule has 2 heterocycles. The van der Waals surface area contributed by atoms with E-state index < -0.39 is 29.8 Å². The third kappa shape index (κ3) is 4.31. The standard InChI is InChI=1S/C23H22BCl2N3O4/c1-22(2)23(3,4)33-24(32-22)16-9-5-7-13(18(16)25)14-8-6-10-17(19(14)26)28-20(30)15-11-12-27-29-21(15)31/h5-12H,1-4H3,(H,28,30)(H,29,31). The van der Waals surface area contributed by atoms with E-state index in [1.807, 2.05) is 45.9 Å². The van der Waals surface area contributed by atoms with E-state index in [2.05, 4.69) is 15.5 Å². The molecule has 0 bridgehead atoms. The zero-order valence-corrected chi connectivity index (χ0v) is 20.0. The molecule has 3 aromatic rings. The van der Waals surface area contributed by atoms with Gasteiger partial charge in [-0.1, -0.05) is 53.5 Å². The van der Waals surface area contributed by atoms with Crippen LogP contribution in [0, 0.1) is 0 Å². The Balaban J connectivity index is 1.69. The summed E-state index contributed by atoms with van der Waals surface area (Å²) >= 11 is 13.5. The summed E-state index contributed by atoms with van der Waals surface area (Å²) in [5.74, 6) is -0.602. The Morgan fingerprint density at radius 2 is 1.58 bits per heavy atom. The van der Waals surface area contributed by atoms with Crippen molar-refractivity contribution in [2.75, 3.05) is 5.32 Å². The molecule has 1 saturated heterocycles. The Hall–Kier alpha value is -2.65. The van der Waals surface area contributed by atoms with Crippen LogP contribution in [0.2, 0.25) is 10.0 Å². The highest BCUT2D eigenvalue weighted by Crippen LogP contribution is 2.40. The van der Waals surface area contributed by atoms with Gasteiger partial charge in [0.25, 0.3) is 11.5 Å². The Bertz CT molecular complexity index is 1280.